The molecule has 0 amide bonds. The highest BCUT2D eigenvalue weighted by Gasteiger charge is 2.68. The molecular formula is C19H21NO5. The molecule has 0 spiro atoms. The first kappa shape index (κ1) is 16.3. The van der Waals surface area contributed by atoms with Gasteiger partial charge in [0.1, 0.15) is 11.7 Å². The number of hydrogen-bond donors (Lipinski definition) is 3. The number of rotatable bonds is 2. The molecule has 1 aromatic carbocycles. The standard InChI is InChI=1S/C19H21NO5/c1-10(21)19(3)16-18(2,17(23)25-19)13-14(22)12(9-20-15(13)24-16)11-7-5-4-6-8-11/h4-10,16-17,21,23H,1-3H3,(H,20,22)/t10?,16-,17-,18+,19+/m1/s1. The molecule has 1 aromatic heterocycles. The average Bonchev–Trinajstić information content (AvgIpc) is 3.00. The van der Waals surface area contributed by atoms with E-state index in [9.17, 15) is 15.0 Å². The second kappa shape index (κ2) is 5.17. The van der Waals surface area contributed by atoms with Crippen molar-refractivity contribution in [3.05, 3.63) is 52.3 Å². The first-order valence-corrected chi connectivity index (χ1v) is 8.32. The molecule has 0 aliphatic carbocycles. The van der Waals surface area contributed by atoms with Crippen molar-refractivity contribution < 1.29 is 19.7 Å². The van der Waals surface area contributed by atoms with Crippen molar-refractivity contribution in [1.29, 1.82) is 0 Å². The predicted molar refractivity (Wildman–Crippen MR) is 91.4 cm³/mol. The summed E-state index contributed by atoms with van der Waals surface area (Å²) in [6.45, 7) is 5.01. The predicted octanol–water partition coefficient (Wildman–Crippen LogP) is 1.55. The number of nitrogens with one attached hydrogen (secondary N) is 1. The minimum atomic E-state index is -1.26. The van der Waals surface area contributed by atoms with E-state index < -0.39 is 29.5 Å². The molecule has 3 N–H and O–H groups in total. The van der Waals surface area contributed by atoms with Gasteiger partial charge in [-0.25, -0.2) is 0 Å². The number of aromatic amines is 1. The smallest absolute Gasteiger partial charge is 0.199 e. The summed E-state index contributed by atoms with van der Waals surface area (Å²) in [6, 6.07) is 9.32. The second-order valence-electron chi connectivity index (χ2n) is 7.21. The number of pyridine rings is 1. The molecule has 6 nitrogen and oxygen atoms in total. The molecule has 4 rings (SSSR count). The molecule has 2 aromatic rings. The van der Waals surface area contributed by atoms with Crippen LogP contribution in [0.5, 0.6) is 5.88 Å². The molecule has 1 unspecified atom stereocenters. The second-order valence-corrected chi connectivity index (χ2v) is 7.21. The topological polar surface area (TPSA) is 91.8 Å². The van der Waals surface area contributed by atoms with Gasteiger partial charge in [-0.1, -0.05) is 30.3 Å². The van der Waals surface area contributed by atoms with E-state index in [-0.39, 0.29) is 5.43 Å². The van der Waals surface area contributed by atoms with Crippen LogP contribution in [-0.4, -0.2) is 39.3 Å². The molecule has 1 fully saturated rings. The van der Waals surface area contributed by atoms with Crippen LogP contribution in [0.4, 0.5) is 0 Å². The monoisotopic (exact) mass is 343 g/mol. The van der Waals surface area contributed by atoms with Crippen molar-refractivity contribution in [3.8, 4) is 17.0 Å². The Kier molecular flexibility index (Phi) is 3.38. The summed E-state index contributed by atoms with van der Waals surface area (Å²) in [5.74, 6) is 0.325. The van der Waals surface area contributed by atoms with Crippen LogP contribution in [0.25, 0.3) is 11.1 Å². The maximum absolute atomic E-state index is 13.2. The summed E-state index contributed by atoms with van der Waals surface area (Å²) in [7, 11) is 0. The molecule has 0 bridgehead atoms. The van der Waals surface area contributed by atoms with E-state index in [1.807, 2.05) is 30.3 Å². The SMILES string of the molecule is CC(O)[C@]1(C)O[C@@H](O)[C@@]2(C)c3c([nH]cc(-c4ccccc4)c3=O)O[C@H]21. The summed E-state index contributed by atoms with van der Waals surface area (Å²) in [5, 5.41) is 20.8. The molecule has 25 heavy (non-hydrogen) atoms. The number of H-pyrrole nitrogens is 1. The molecule has 0 saturated carbocycles. The number of hydrogen-bond acceptors (Lipinski definition) is 5. The number of fused-ring (bicyclic) bond motifs is 3. The summed E-state index contributed by atoms with van der Waals surface area (Å²) in [5.41, 5.74) is -0.758. The van der Waals surface area contributed by atoms with Crippen molar-refractivity contribution in [2.45, 2.75) is 50.3 Å². The van der Waals surface area contributed by atoms with E-state index in [1.165, 1.54) is 0 Å². The van der Waals surface area contributed by atoms with Gasteiger partial charge in [0.25, 0.3) is 0 Å². The van der Waals surface area contributed by atoms with E-state index in [0.29, 0.717) is 17.0 Å². The van der Waals surface area contributed by atoms with E-state index in [2.05, 4.69) is 4.98 Å². The molecule has 5 atom stereocenters. The lowest BCUT2D eigenvalue weighted by Gasteiger charge is -2.32. The molecule has 6 heteroatoms. The number of aliphatic hydroxyl groups is 2. The number of aliphatic hydroxyl groups excluding tert-OH is 2. The summed E-state index contributed by atoms with van der Waals surface area (Å²) >= 11 is 0. The van der Waals surface area contributed by atoms with E-state index in [1.54, 1.807) is 27.0 Å². The van der Waals surface area contributed by atoms with Crippen LogP contribution >= 0.6 is 0 Å². The first-order chi connectivity index (χ1) is 11.8. The third-order valence-corrected chi connectivity index (χ3v) is 5.68. The summed E-state index contributed by atoms with van der Waals surface area (Å²) in [6.07, 6.45) is -1.20. The maximum atomic E-state index is 13.2. The van der Waals surface area contributed by atoms with Crippen LogP contribution in [0, 0.1) is 0 Å². The Morgan fingerprint density at radius 1 is 1.24 bits per heavy atom. The Hall–Kier alpha value is -2.15. The highest BCUT2D eigenvalue weighted by molar-refractivity contribution is 5.65. The van der Waals surface area contributed by atoms with E-state index >= 15 is 0 Å². The Morgan fingerprint density at radius 3 is 2.56 bits per heavy atom. The van der Waals surface area contributed by atoms with Crippen LogP contribution < -0.4 is 10.2 Å². The Morgan fingerprint density at radius 2 is 1.92 bits per heavy atom. The van der Waals surface area contributed by atoms with Crippen molar-refractivity contribution >= 4 is 0 Å². The average molecular weight is 343 g/mol. The maximum Gasteiger partial charge on any atom is 0.199 e. The lowest BCUT2D eigenvalue weighted by molar-refractivity contribution is -0.184. The van der Waals surface area contributed by atoms with Crippen molar-refractivity contribution in [2.75, 3.05) is 0 Å². The van der Waals surface area contributed by atoms with Crippen LogP contribution in [-0.2, 0) is 10.2 Å². The van der Waals surface area contributed by atoms with Crippen LogP contribution in [0.2, 0.25) is 0 Å². The molecule has 0 radical (unpaired) electrons. The fraction of sp³-hybridized carbons (Fsp3) is 0.421. The van der Waals surface area contributed by atoms with Crippen LogP contribution in [0.1, 0.15) is 26.3 Å². The van der Waals surface area contributed by atoms with Crippen LogP contribution in [0.15, 0.2) is 41.3 Å². The third kappa shape index (κ3) is 1.99. The molecule has 1 saturated heterocycles. The summed E-state index contributed by atoms with van der Waals surface area (Å²) < 4.78 is 11.6. The number of aromatic nitrogens is 1. The lowest BCUT2D eigenvalue weighted by atomic mass is 9.74. The number of ether oxygens (including phenoxy) is 2. The van der Waals surface area contributed by atoms with Gasteiger partial charge in [0.05, 0.1) is 17.1 Å². The minimum Gasteiger partial charge on any atom is -0.471 e. The zero-order valence-electron chi connectivity index (χ0n) is 14.3. The van der Waals surface area contributed by atoms with Gasteiger partial charge in [-0.3, -0.25) is 4.79 Å². The molecule has 2 aliphatic heterocycles. The van der Waals surface area contributed by atoms with Gasteiger partial charge in [-0.15, -0.1) is 0 Å². The fourth-order valence-electron chi connectivity index (χ4n) is 4.01. The Labute approximate surface area is 145 Å². The molecule has 3 heterocycles. The van der Waals surface area contributed by atoms with Gasteiger partial charge in [0.15, 0.2) is 17.6 Å². The van der Waals surface area contributed by atoms with Crippen molar-refractivity contribution in [1.82, 2.24) is 4.98 Å². The molecule has 132 valence electrons. The molecular weight excluding hydrogens is 322 g/mol. The van der Waals surface area contributed by atoms with Crippen molar-refractivity contribution in [2.24, 2.45) is 0 Å². The third-order valence-electron chi connectivity index (χ3n) is 5.68. The van der Waals surface area contributed by atoms with Gasteiger partial charge in [-0.2, -0.15) is 0 Å². The number of benzene rings is 1. The largest absolute Gasteiger partial charge is 0.471 e. The van der Waals surface area contributed by atoms with Gasteiger partial charge in [-0.05, 0) is 26.3 Å². The van der Waals surface area contributed by atoms with E-state index in [4.69, 9.17) is 9.47 Å². The van der Waals surface area contributed by atoms with Crippen LogP contribution in [0.3, 0.4) is 0 Å². The zero-order chi connectivity index (χ0) is 18.0. The Bertz CT molecular complexity index is 877. The van der Waals surface area contributed by atoms with Gasteiger partial charge < -0.3 is 24.7 Å². The zero-order valence-corrected chi connectivity index (χ0v) is 14.3. The van der Waals surface area contributed by atoms with E-state index in [0.717, 1.165) is 5.56 Å². The quantitative estimate of drug-likeness (QED) is 0.769. The Balaban J connectivity index is 1.91. The fourth-order valence-corrected chi connectivity index (χ4v) is 4.01. The van der Waals surface area contributed by atoms with Crippen molar-refractivity contribution in [3.63, 3.8) is 0 Å². The van der Waals surface area contributed by atoms with Gasteiger partial charge >= 0.3 is 0 Å². The minimum absolute atomic E-state index is 0.206. The highest BCUT2D eigenvalue weighted by atomic mass is 16.7. The lowest BCUT2D eigenvalue weighted by Crippen LogP contribution is -2.52. The first-order valence-electron chi connectivity index (χ1n) is 8.32. The highest BCUT2D eigenvalue weighted by Crippen LogP contribution is 2.54. The summed E-state index contributed by atoms with van der Waals surface area (Å²) in [4.78, 5) is 16.2. The molecule has 2 aliphatic rings. The van der Waals surface area contributed by atoms with Gasteiger partial charge in [0.2, 0.25) is 0 Å². The van der Waals surface area contributed by atoms with Gasteiger partial charge in [0, 0.05) is 11.8 Å². The normalized spacial score (nSPS) is 34.3.